The number of carbonyl (C=O) groups is 2. The SMILES string of the molecule is COc1ccc(C[C@@H]2C(=O)N(C)C(c3ccc(Cl)cc3)N2C(C)=O)cc1. The van der Waals surface area contributed by atoms with E-state index >= 15 is 0 Å². The predicted octanol–water partition coefficient (Wildman–Crippen LogP) is 3.28. The number of hydrogen-bond donors (Lipinski definition) is 0. The molecule has 1 aliphatic rings. The third-order valence-electron chi connectivity index (χ3n) is 4.72. The third kappa shape index (κ3) is 3.40. The minimum atomic E-state index is -0.536. The first-order valence-corrected chi connectivity index (χ1v) is 8.74. The van der Waals surface area contributed by atoms with Crippen LogP contribution in [0.15, 0.2) is 48.5 Å². The molecule has 1 saturated heterocycles. The molecule has 6 heteroatoms. The van der Waals surface area contributed by atoms with Gasteiger partial charge >= 0.3 is 0 Å². The van der Waals surface area contributed by atoms with E-state index in [4.69, 9.17) is 16.3 Å². The quantitative estimate of drug-likeness (QED) is 0.827. The first kappa shape index (κ1) is 18.3. The van der Waals surface area contributed by atoms with Crippen LogP contribution < -0.4 is 4.74 Å². The van der Waals surface area contributed by atoms with Crippen molar-refractivity contribution in [2.45, 2.75) is 25.6 Å². The van der Waals surface area contributed by atoms with Gasteiger partial charge in [-0.25, -0.2) is 0 Å². The van der Waals surface area contributed by atoms with Crippen LogP contribution in [0.4, 0.5) is 0 Å². The second kappa shape index (κ2) is 7.38. The Hall–Kier alpha value is -2.53. The number of methoxy groups -OCH3 is 1. The Bertz CT molecular complexity index is 805. The number of rotatable bonds is 4. The van der Waals surface area contributed by atoms with Gasteiger partial charge in [0.2, 0.25) is 11.8 Å². The minimum absolute atomic E-state index is 0.0732. The zero-order valence-electron chi connectivity index (χ0n) is 15.0. The number of hydrogen-bond acceptors (Lipinski definition) is 3. The van der Waals surface area contributed by atoms with Gasteiger partial charge in [0.1, 0.15) is 18.0 Å². The van der Waals surface area contributed by atoms with E-state index < -0.39 is 12.2 Å². The smallest absolute Gasteiger partial charge is 0.247 e. The molecule has 0 bridgehead atoms. The molecular weight excluding hydrogens is 352 g/mol. The summed E-state index contributed by atoms with van der Waals surface area (Å²) >= 11 is 5.97. The van der Waals surface area contributed by atoms with Crippen molar-refractivity contribution >= 4 is 23.4 Å². The standard InChI is InChI=1S/C20H21ClN2O3/c1-13(24)23-18(12-14-4-10-17(26-3)11-5-14)20(25)22(2)19(23)15-6-8-16(21)9-7-15/h4-11,18-19H,12H2,1-3H3/t18-,19?/m1/s1. The summed E-state index contributed by atoms with van der Waals surface area (Å²) in [5.41, 5.74) is 1.83. The summed E-state index contributed by atoms with van der Waals surface area (Å²) in [7, 11) is 3.34. The maximum atomic E-state index is 12.9. The van der Waals surface area contributed by atoms with Gasteiger partial charge in [-0.15, -0.1) is 0 Å². The zero-order chi connectivity index (χ0) is 18.8. The van der Waals surface area contributed by atoms with Gasteiger partial charge in [0.15, 0.2) is 0 Å². The number of benzene rings is 2. The van der Waals surface area contributed by atoms with Gasteiger partial charge < -0.3 is 14.5 Å². The fraction of sp³-hybridized carbons (Fsp3) is 0.300. The molecule has 3 rings (SSSR count). The average molecular weight is 373 g/mol. The second-order valence-electron chi connectivity index (χ2n) is 6.37. The highest BCUT2D eigenvalue weighted by Gasteiger charge is 2.46. The predicted molar refractivity (Wildman–Crippen MR) is 100.0 cm³/mol. The van der Waals surface area contributed by atoms with Crippen LogP contribution >= 0.6 is 11.6 Å². The molecule has 1 unspecified atom stereocenters. The van der Waals surface area contributed by atoms with Crippen LogP contribution in [0.25, 0.3) is 0 Å². The van der Waals surface area contributed by atoms with Gasteiger partial charge in [0.25, 0.3) is 0 Å². The van der Waals surface area contributed by atoms with Gasteiger partial charge in [-0.05, 0) is 35.4 Å². The molecule has 0 aromatic heterocycles. The molecule has 1 heterocycles. The summed E-state index contributed by atoms with van der Waals surface area (Å²) in [6.07, 6.45) is 0.0251. The van der Waals surface area contributed by atoms with Crippen molar-refractivity contribution in [3.05, 3.63) is 64.7 Å². The van der Waals surface area contributed by atoms with Crippen molar-refractivity contribution in [3.63, 3.8) is 0 Å². The normalized spacial score (nSPS) is 19.8. The summed E-state index contributed by atoms with van der Waals surface area (Å²) in [5, 5.41) is 0.616. The van der Waals surface area contributed by atoms with Crippen molar-refractivity contribution in [2.75, 3.05) is 14.2 Å². The molecule has 2 atom stereocenters. The Balaban J connectivity index is 1.92. The first-order chi connectivity index (χ1) is 12.4. The Labute approximate surface area is 158 Å². The lowest BCUT2D eigenvalue weighted by Gasteiger charge is -2.29. The summed E-state index contributed by atoms with van der Waals surface area (Å²) in [6, 6.07) is 14.2. The van der Waals surface area contributed by atoms with Crippen LogP contribution in [0, 0.1) is 0 Å². The van der Waals surface area contributed by atoms with E-state index in [2.05, 4.69) is 0 Å². The lowest BCUT2D eigenvalue weighted by Crippen LogP contribution is -2.39. The van der Waals surface area contributed by atoms with Crippen molar-refractivity contribution in [1.29, 1.82) is 0 Å². The van der Waals surface area contributed by atoms with E-state index in [0.717, 1.165) is 16.9 Å². The molecule has 2 aromatic rings. The number of nitrogens with zero attached hydrogens (tertiary/aromatic N) is 2. The van der Waals surface area contributed by atoms with Crippen LogP contribution in [0.1, 0.15) is 24.2 Å². The van der Waals surface area contributed by atoms with E-state index in [1.165, 1.54) is 6.92 Å². The van der Waals surface area contributed by atoms with Crippen LogP contribution in [0.2, 0.25) is 5.02 Å². The Morgan fingerprint density at radius 2 is 1.73 bits per heavy atom. The highest BCUT2D eigenvalue weighted by molar-refractivity contribution is 6.30. The van der Waals surface area contributed by atoms with Crippen LogP contribution in [0.5, 0.6) is 5.75 Å². The molecule has 2 amide bonds. The molecule has 0 spiro atoms. The topological polar surface area (TPSA) is 49.9 Å². The van der Waals surface area contributed by atoms with Gasteiger partial charge in [-0.3, -0.25) is 9.59 Å². The maximum absolute atomic E-state index is 12.9. The summed E-state index contributed by atoms with van der Waals surface area (Å²) < 4.78 is 5.17. The first-order valence-electron chi connectivity index (χ1n) is 8.36. The van der Waals surface area contributed by atoms with Gasteiger partial charge in [-0.2, -0.15) is 0 Å². The van der Waals surface area contributed by atoms with Gasteiger partial charge in [-0.1, -0.05) is 35.9 Å². The highest BCUT2D eigenvalue weighted by atomic mass is 35.5. The fourth-order valence-electron chi connectivity index (χ4n) is 3.41. The Kier molecular flexibility index (Phi) is 5.18. The number of carbonyl (C=O) groups excluding carboxylic acids is 2. The van der Waals surface area contributed by atoms with Crippen molar-refractivity contribution in [1.82, 2.24) is 9.80 Å². The molecule has 2 aromatic carbocycles. The van der Waals surface area contributed by atoms with E-state index in [-0.39, 0.29) is 11.8 Å². The molecule has 1 fully saturated rings. The highest BCUT2D eigenvalue weighted by Crippen LogP contribution is 2.35. The molecule has 0 aliphatic carbocycles. The summed E-state index contributed by atoms with van der Waals surface area (Å²) in [4.78, 5) is 28.5. The zero-order valence-corrected chi connectivity index (χ0v) is 15.7. The molecule has 136 valence electrons. The Morgan fingerprint density at radius 3 is 2.27 bits per heavy atom. The fourth-order valence-corrected chi connectivity index (χ4v) is 3.54. The Morgan fingerprint density at radius 1 is 1.12 bits per heavy atom. The lowest BCUT2D eigenvalue weighted by atomic mass is 10.0. The van der Waals surface area contributed by atoms with Crippen LogP contribution in [-0.4, -0.2) is 41.8 Å². The van der Waals surface area contributed by atoms with E-state index in [9.17, 15) is 9.59 Å². The van der Waals surface area contributed by atoms with Crippen LogP contribution in [-0.2, 0) is 16.0 Å². The monoisotopic (exact) mass is 372 g/mol. The molecule has 26 heavy (non-hydrogen) atoms. The number of likely N-dealkylation sites (N-methyl/N-ethyl adjacent to an activating group) is 1. The third-order valence-corrected chi connectivity index (χ3v) is 4.97. The molecule has 0 saturated carbocycles. The summed E-state index contributed by atoms with van der Waals surface area (Å²) in [6.45, 7) is 1.50. The molecule has 0 N–H and O–H groups in total. The average Bonchev–Trinajstić information content (AvgIpc) is 2.88. The molecule has 0 radical (unpaired) electrons. The number of ether oxygens (including phenoxy) is 1. The number of halogens is 1. The summed E-state index contributed by atoms with van der Waals surface area (Å²) in [5.74, 6) is 0.545. The second-order valence-corrected chi connectivity index (χ2v) is 6.81. The maximum Gasteiger partial charge on any atom is 0.247 e. The van der Waals surface area contributed by atoms with Crippen molar-refractivity contribution < 1.29 is 14.3 Å². The largest absolute Gasteiger partial charge is 0.497 e. The molecule has 1 aliphatic heterocycles. The molecule has 5 nitrogen and oxygen atoms in total. The molecular formula is C20H21ClN2O3. The van der Waals surface area contributed by atoms with Crippen molar-refractivity contribution in [3.8, 4) is 5.75 Å². The van der Waals surface area contributed by atoms with Crippen molar-refractivity contribution in [2.24, 2.45) is 0 Å². The van der Waals surface area contributed by atoms with Crippen LogP contribution in [0.3, 0.4) is 0 Å². The van der Waals surface area contributed by atoms with E-state index in [1.54, 1.807) is 36.1 Å². The number of amides is 2. The van der Waals surface area contributed by atoms with E-state index in [1.807, 2.05) is 36.4 Å². The van der Waals surface area contributed by atoms with Gasteiger partial charge in [0, 0.05) is 25.4 Å². The lowest BCUT2D eigenvalue weighted by molar-refractivity contribution is -0.134. The van der Waals surface area contributed by atoms with E-state index in [0.29, 0.717) is 11.4 Å². The minimum Gasteiger partial charge on any atom is -0.497 e. The van der Waals surface area contributed by atoms with Gasteiger partial charge in [0.05, 0.1) is 7.11 Å².